The Bertz CT molecular complexity index is 895. The maximum atomic E-state index is 12.5. The van der Waals surface area contributed by atoms with Gasteiger partial charge in [-0.3, -0.25) is 9.10 Å². The summed E-state index contributed by atoms with van der Waals surface area (Å²) in [5.41, 5.74) is 1.79. The van der Waals surface area contributed by atoms with E-state index in [4.69, 9.17) is 4.74 Å². The van der Waals surface area contributed by atoms with E-state index in [1.165, 1.54) is 21.1 Å². The number of nitrogens with one attached hydrogen (secondary N) is 1. The van der Waals surface area contributed by atoms with Crippen LogP contribution < -0.4 is 14.4 Å². The monoisotopic (exact) mass is 391 g/mol. The van der Waals surface area contributed by atoms with Gasteiger partial charge in [0, 0.05) is 32.3 Å². The van der Waals surface area contributed by atoms with Crippen molar-refractivity contribution in [1.82, 2.24) is 9.62 Å². The molecule has 7 nitrogen and oxygen atoms in total. The number of benzene rings is 2. The van der Waals surface area contributed by atoms with Gasteiger partial charge in [-0.2, -0.15) is 12.7 Å². The summed E-state index contributed by atoms with van der Waals surface area (Å²) >= 11 is 0. The predicted octanol–water partition coefficient (Wildman–Crippen LogP) is 2.43. The molecule has 2 rings (SSSR count). The molecule has 0 bridgehead atoms. The molecule has 1 unspecified atom stereocenters. The standard InChI is InChI=1S/C19H25N3O4S/c1-14(17-8-6-7-9-18(17)26-5)20-19(23)15-10-12-16(13-11-15)22(4)27(24,25)21(2)3/h6-14H,1-5H3,(H,20,23). The molecule has 0 heterocycles. The fraction of sp³-hybridized carbons (Fsp3) is 0.316. The van der Waals surface area contributed by atoms with Crippen LogP contribution in [0.25, 0.3) is 0 Å². The van der Waals surface area contributed by atoms with Crippen LogP contribution in [0.5, 0.6) is 5.75 Å². The molecule has 2 aromatic carbocycles. The average Bonchev–Trinajstić information content (AvgIpc) is 2.67. The Labute approximate surface area is 160 Å². The van der Waals surface area contributed by atoms with Crippen LogP contribution in [0, 0.1) is 0 Å². The third-order valence-electron chi connectivity index (χ3n) is 4.25. The van der Waals surface area contributed by atoms with E-state index in [1.807, 2.05) is 31.2 Å². The zero-order chi connectivity index (χ0) is 20.2. The molecule has 27 heavy (non-hydrogen) atoms. The zero-order valence-corrected chi connectivity index (χ0v) is 16.9. The minimum Gasteiger partial charge on any atom is -0.496 e. The topological polar surface area (TPSA) is 79.0 Å². The first kappa shape index (κ1) is 20.7. The van der Waals surface area contributed by atoms with Crippen LogP contribution in [0.4, 0.5) is 5.69 Å². The van der Waals surface area contributed by atoms with E-state index < -0.39 is 10.2 Å². The van der Waals surface area contributed by atoms with Crippen LogP contribution in [-0.4, -0.2) is 46.9 Å². The second kappa shape index (κ2) is 8.41. The van der Waals surface area contributed by atoms with Gasteiger partial charge in [0.25, 0.3) is 5.91 Å². The highest BCUT2D eigenvalue weighted by Crippen LogP contribution is 2.25. The van der Waals surface area contributed by atoms with Crippen LogP contribution in [0.15, 0.2) is 48.5 Å². The van der Waals surface area contributed by atoms with Gasteiger partial charge in [-0.1, -0.05) is 18.2 Å². The number of carbonyl (C=O) groups is 1. The second-order valence-corrected chi connectivity index (χ2v) is 8.42. The Hall–Kier alpha value is -2.58. The van der Waals surface area contributed by atoms with Crippen molar-refractivity contribution in [3.05, 3.63) is 59.7 Å². The highest BCUT2D eigenvalue weighted by atomic mass is 32.2. The summed E-state index contributed by atoms with van der Waals surface area (Å²) in [6.45, 7) is 1.88. The van der Waals surface area contributed by atoms with E-state index in [0.717, 1.165) is 14.2 Å². The van der Waals surface area contributed by atoms with Crippen molar-refractivity contribution in [2.24, 2.45) is 0 Å². The van der Waals surface area contributed by atoms with E-state index in [9.17, 15) is 13.2 Å². The SMILES string of the molecule is COc1ccccc1C(C)NC(=O)c1ccc(N(C)S(=O)(=O)N(C)C)cc1. The van der Waals surface area contributed by atoms with Gasteiger partial charge in [0.1, 0.15) is 5.75 Å². The molecule has 0 fully saturated rings. The summed E-state index contributed by atoms with van der Waals surface area (Å²) in [5.74, 6) is 0.453. The molecule has 0 saturated carbocycles. The summed E-state index contributed by atoms with van der Waals surface area (Å²) < 4.78 is 32.0. The molecule has 1 amide bonds. The molecule has 0 aliphatic heterocycles. The Balaban J connectivity index is 2.14. The van der Waals surface area contributed by atoms with Crippen LogP contribution in [0.1, 0.15) is 28.9 Å². The second-order valence-electron chi connectivity index (χ2n) is 6.24. The minimum atomic E-state index is -3.57. The summed E-state index contributed by atoms with van der Waals surface area (Å²) in [5, 5.41) is 2.93. The number of rotatable bonds is 7. The maximum Gasteiger partial charge on any atom is 0.303 e. The number of amides is 1. The molecule has 2 aromatic rings. The number of hydrogen-bond acceptors (Lipinski definition) is 4. The number of anilines is 1. The molecule has 0 spiro atoms. The normalized spacial score (nSPS) is 12.5. The summed E-state index contributed by atoms with van der Waals surface area (Å²) in [7, 11) is 2.41. The fourth-order valence-electron chi connectivity index (χ4n) is 2.58. The zero-order valence-electron chi connectivity index (χ0n) is 16.1. The molecule has 1 N–H and O–H groups in total. The fourth-order valence-corrected chi connectivity index (χ4v) is 3.46. The van der Waals surface area contributed by atoms with Crippen LogP contribution in [0.3, 0.4) is 0 Å². The lowest BCUT2D eigenvalue weighted by Crippen LogP contribution is -2.37. The van der Waals surface area contributed by atoms with E-state index in [2.05, 4.69) is 5.32 Å². The number of ether oxygens (including phenoxy) is 1. The lowest BCUT2D eigenvalue weighted by molar-refractivity contribution is 0.0939. The van der Waals surface area contributed by atoms with Crippen molar-refractivity contribution >= 4 is 21.8 Å². The van der Waals surface area contributed by atoms with Gasteiger partial charge in [0.05, 0.1) is 18.8 Å². The molecule has 0 aromatic heterocycles. The maximum absolute atomic E-state index is 12.5. The summed E-state index contributed by atoms with van der Waals surface area (Å²) in [6, 6.07) is 13.6. The predicted molar refractivity (Wildman–Crippen MR) is 106 cm³/mol. The van der Waals surface area contributed by atoms with Crippen LogP contribution in [0.2, 0.25) is 0 Å². The molecule has 146 valence electrons. The van der Waals surface area contributed by atoms with E-state index >= 15 is 0 Å². The third kappa shape index (κ3) is 4.58. The number of hydrogen-bond donors (Lipinski definition) is 1. The molecule has 1 atom stereocenters. The Morgan fingerprint density at radius 3 is 2.19 bits per heavy atom. The number of carbonyl (C=O) groups excluding carboxylic acids is 1. The number of methoxy groups -OCH3 is 1. The summed E-state index contributed by atoms with van der Waals surface area (Å²) in [6.07, 6.45) is 0. The van der Waals surface area contributed by atoms with E-state index in [1.54, 1.807) is 31.4 Å². The average molecular weight is 391 g/mol. The Morgan fingerprint density at radius 1 is 1.04 bits per heavy atom. The number of nitrogens with zero attached hydrogens (tertiary/aromatic N) is 2. The Morgan fingerprint density at radius 2 is 1.63 bits per heavy atom. The van der Waals surface area contributed by atoms with Crippen molar-refractivity contribution in [1.29, 1.82) is 0 Å². The van der Waals surface area contributed by atoms with Gasteiger partial charge >= 0.3 is 10.2 Å². The smallest absolute Gasteiger partial charge is 0.303 e. The van der Waals surface area contributed by atoms with Crippen LogP contribution >= 0.6 is 0 Å². The first-order valence-electron chi connectivity index (χ1n) is 8.38. The lowest BCUT2D eigenvalue weighted by Gasteiger charge is -2.23. The molecule has 0 radical (unpaired) electrons. The first-order chi connectivity index (χ1) is 12.7. The highest BCUT2D eigenvalue weighted by molar-refractivity contribution is 7.90. The minimum absolute atomic E-state index is 0.245. The molecule has 0 saturated heterocycles. The van der Waals surface area contributed by atoms with E-state index in [0.29, 0.717) is 17.0 Å². The third-order valence-corrected chi connectivity index (χ3v) is 6.08. The van der Waals surface area contributed by atoms with Crippen molar-refractivity contribution in [3.8, 4) is 5.75 Å². The first-order valence-corrected chi connectivity index (χ1v) is 9.78. The van der Waals surface area contributed by atoms with Gasteiger partial charge in [-0.25, -0.2) is 0 Å². The quantitative estimate of drug-likeness (QED) is 0.786. The molecule has 0 aliphatic carbocycles. The molecule has 0 aliphatic rings. The molecular formula is C19H25N3O4S. The number of para-hydroxylation sites is 1. The summed E-state index contributed by atoms with van der Waals surface area (Å²) in [4.78, 5) is 12.5. The molecular weight excluding hydrogens is 366 g/mol. The van der Waals surface area contributed by atoms with Gasteiger partial charge < -0.3 is 10.1 Å². The van der Waals surface area contributed by atoms with Crippen molar-refractivity contribution in [3.63, 3.8) is 0 Å². The van der Waals surface area contributed by atoms with Gasteiger partial charge in [-0.15, -0.1) is 0 Å². The van der Waals surface area contributed by atoms with E-state index in [-0.39, 0.29) is 11.9 Å². The van der Waals surface area contributed by atoms with Crippen molar-refractivity contribution < 1.29 is 17.9 Å². The van der Waals surface area contributed by atoms with Gasteiger partial charge in [0.15, 0.2) is 0 Å². The van der Waals surface area contributed by atoms with Crippen molar-refractivity contribution in [2.45, 2.75) is 13.0 Å². The highest BCUT2D eigenvalue weighted by Gasteiger charge is 2.21. The van der Waals surface area contributed by atoms with Crippen LogP contribution in [-0.2, 0) is 10.2 Å². The van der Waals surface area contributed by atoms with Gasteiger partial charge in [-0.05, 0) is 37.3 Å². The van der Waals surface area contributed by atoms with Gasteiger partial charge in [0.2, 0.25) is 0 Å². The Kier molecular flexibility index (Phi) is 6.45. The molecule has 8 heteroatoms. The lowest BCUT2D eigenvalue weighted by atomic mass is 10.1. The van der Waals surface area contributed by atoms with Crippen molar-refractivity contribution in [2.75, 3.05) is 32.6 Å². The largest absolute Gasteiger partial charge is 0.496 e.